The molecule has 0 spiro atoms. The molecule has 1 aromatic carbocycles. The van der Waals surface area contributed by atoms with Crippen LogP contribution in [-0.2, 0) is 10.0 Å². The number of piperidine rings is 1. The topological polar surface area (TPSA) is 91.4 Å². The first-order chi connectivity index (χ1) is 16.8. The van der Waals surface area contributed by atoms with E-state index in [1.807, 2.05) is 12.1 Å². The van der Waals surface area contributed by atoms with Crippen LogP contribution in [0.5, 0.6) is 11.5 Å². The molecule has 2 saturated heterocycles. The third-order valence-electron chi connectivity index (χ3n) is 7.34. The molecule has 2 fully saturated rings. The summed E-state index contributed by atoms with van der Waals surface area (Å²) in [5.74, 6) is 1.67. The van der Waals surface area contributed by atoms with Crippen LogP contribution in [0.15, 0.2) is 18.2 Å². The first-order valence-electron chi connectivity index (χ1n) is 12.9. The molecule has 0 unspecified atom stereocenters. The highest BCUT2D eigenvalue weighted by Crippen LogP contribution is 2.33. The van der Waals surface area contributed by atoms with Gasteiger partial charge in [-0.2, -0.15) is 4.31 Å². The van der Waals surface area contributed by atoms with Gasteiger partial charge in [0.2, 0.25) is 10.0 Å². The molecular weight excluding hydrogens is 468 g/mol. The molecule has 10 heteroatoms. The molecule has 3 heterocycles. The molecule has 0 saturated carbocycles. The lowest BCUT2D eigenvalue weighted by atomic mass is 9.96. The largest absolute Gasteiger partial charge is 0.486 e. The fraction of sp³-hybridized carbons (Fsp3) is 0.720. The quantitative estimate of drug-likeness (QED) is 0.542. The molecule has 4 rings (SSSR count). The average molecular weight is 509 g/mol. The summed E-state index contributed by atoms with van der Waals surface area (Å²) in [6.07, 6.45) is 2.66. The summed E-state index contributed by atoms with van der Waals surface area (Å²) < 4.78 is 38.4. The van der Waals surface area contributed by atoms with Gasteiger partial charge in [-0.15, -0.1) is 0 Å². The van der Waals surface area contributed by atoms with E-state index in [4.69, 9.17) is 9.47 Å². The monoisotopic (exact) mass is 508 g/mol. The Bertz CT molecular complexity index is 955. The van der Waals surface area contributed by atoms with Gasteiger partial charge in [0, 0.05) is 38.8 Å². The Kier molecular flexibility index (Phi) is 8.91. The summed E-state index contributed by atoms with van der Waals surface area (Å²) >= 11 is 0. The third-order valence-corrected chi connectivity index (χ3v) is 9.30. The minimum absolute atomic E-state index is 0.130. The van der Waals surface area contributed by atoms with Crippen molar-refractivity contribution in [3.63, 3.8) is 0 Å². The maximum Gasteiger partial charge on any atom is 0.255 e. The highest BCUT2D eigenvalue weighted by Gasteiger charge is 2.28. The number of fused-ring (bicyclic) bond motifs is 1. The first-order valence-corrected chi connectivity index (χ1v) is 14.6. The number of sulfonamides is 1. The number of hydrogen-bond acceptors (Lipinski definition) is 7. The average Bonchev–Trinajstić information content (AvgIpc) is 2.87. The fourth-order valence-corrected chi connectivity index (χ4v) is 6.57. The Morgan fingerprint density at radius 2 is 1.77 bits per heavy atom. The van der Waals surface area contributed by atoms with Gasteiger partial charge < -0.3 is 19.7 Å². The Labute approximate surface area is 209 Å². The number of rotatable bonds is 9. The van der Waals surface area contributed by atoms with Crippen LogP contribution < -0.4 is 14.8 Å². The van der Waals surface area contributed by atoms with Crippen LogP contribution in [0.4, 0.5) is 0 Å². The number of para-hydroxylation sites is 1. The standard InChI is InChI=1S/C25H40N4O5S/c1-20(2)28-12-14-29(15-13-28)35(31,32)18-4-9-27-10-7-21(8-11-27)19-26-25(30)22-5-3-6-23-24(22)34-17-16-33-23/h3,5-6,20-21H,4,7-19H2,1-2H3,(H,26,30). The van der Waals surface area contributed by atoms with Crippen molar-refractivity contribution in [2.24, 2.45) is 5.92 Å². The maximum absolute atomic E-state index is 12.7. The molecule has 3 aliphatic heterocycles. The van der Waals surface area contributed by atoms with E-state index in [1.54, 1.807) is 10.4 Å². The van der Waals surface area contributed by atoms with Gasteiger partial charge in [0.05, 0.1) is 11.3 Å². The van der Waals surface area contributed by atoms with E-state index in [1.165, 1.54) is 0 Å². The summed E-state index contributed by atoms with van der Waals surface area (Å²) in [4.78, 5) is 17.4. The van der Waals surface area contributed by atoms with Crippen molar-refractivity contribution in [3.8, 4) is 11.5 Å². The lowest BCUT2D eigenvalue weighted by Gasteiger charge is -2.36. The van der Waals surface area contributed by atoms with Gasteiger partial charge in [-0.3, -0.25) is 9.69 Å². The number of likely N-dealkylation sites (tertiary alicyclic amines) is 1. The molecule has 1 aromatic rings. The summed E-state index contributed by atoms with van der Waals surface area (Å²) in [5, 5.41) is 3.06. The summed E-state index contributed by atoms with van der Waals surface area (Å²) in [7, 11) is -3.18. The van der Waals surface area contributed by atoms with E-state index in [0.29, 0.717) is 68.3 Å². The second-order valence-corrected chi connectivity index (χ2v) is 12.1. The molecule has 1 N–H and O–H groups in total. The van der Waals surface area contributed by atoms with Crippen LogP contribution in [0, 0.1) is 5.92 Å². The van der Waals surface area contributed by atoms with E-state index in [-0.39, 0.29) is 11.7 Å². The number of hydrogen-bond donors (Lipinski definition) is 1. The number of piperazine rings is 1. The number of carbonyl (C=O) groups is 1. The van der Waals surface area contributed by atoms with Gasteiger partial charge in [0.1, 0.15) is 13.2 Å². The molecule has 0 radical (unpaired) electrons. The second-order valence-electron chi connectivity index (χ2n) is 10.0. The lowest BCUT2D eigenvalue weighted by molar-refractivity contribution is 0.0925. The molecule has 1 amide bonds. The Balaban J connectivity index is 1.14. The lowest BCUT2D eigenvalue weighted by Crippen LogP contribution is -2.51. The van der Waals surface area contributed by atoms with Gasteiger partial charge in [0.25, 0.3) is 5.91 Å². The van der Waals surface area contributed by atoms with Crippen molar-refractivity contribution in [2.75, 3.05) is 71.3 Å². The summed E-state index contributed by atoms with van der Waals surface area (Å²) in [6.45, 7) is 11.4. The molecule has 0 aliphatic carbocycles. The van der Waals surface area contributed by atoms with Gasteiger partial charge in [-0.05, 0) is 70.8 Å². The van der Waals surface area contributed by atoms with Crippen LogP contribution in [0.3, 0.4) is 0 Å². The number of ether oxygens (including phenoxy) is 2. The molecule has 0 bridgehead atoms. The van der Waals surface area contributed by atoms with Crippen molar-refractivity contribution in [1.29, 1.82) is 0 Å². The number of nitrogens with one attached hydrogen (secondary N) is 1. The van der Waals surface area contributed by atoms with E-state index in [9.17, 15) is 13.2 Å². The van der Waals surface area contributed by atoms with E-state index in [2.05, 4.69) is 29.0 Å². The highest BCUT2D eigenvalue weighted by atomic mass is 32.2. The number of nitrogens with zero attached hydrogens (tertiary/aromatic N) is 3. The Morgan fingerprint density at radius 1 is 1.06 bits per heavy atom. The fourth-order valence-electron chi connectivity index (χ4n) is 5.10. The molecule has 35 heavy (non-hydrogen) atoms. The predicted octanol–water partition coefficient (Wildman–Crippen LogP) is 1.65. The van der Waals surface area contributed by atoms with Crippen LogP contribution in [0.25, 0.3) is 0 Å². The Morgan fingerprint density at radius 3 is 2.49 bits per heavy atom. The zero-order chi connectivity index (χ0) is 24.8. The van der Waals surface area contributed by atoms with Crippen molar-refractivity contribution >= 4 is 15.9 Å². The molecule has 9 nitrogen and oxygen atoms in total. The molecule has 196 valence electrons. The minimum atomic E-state index is -3.18. The third kappa shape index (κ3) is 6.87. The second kappa shape index (κ2) is 11.9. The molecule has 3 aliphatic rings. The zero-order valence-electron chi connectivity index (χ0n) is 21.1. The number of benzene rings is 1. The summed E-state index contributed by atoms with van der Waals surface area (Å²) in [5.41, 5.74) is 0.520. The van der Waals surface area contributed by atoms with Crippen molar-refractivity contribution in [2.45, 2.75) is 39.2 Å². The predicted molar refractivity (Wildman–Crippen MR) is 136 cm³/mol. The zero-order valence-corrected chi connectivity index (χ0v) is 21.9. The maximum atomic E-state index is 12.7. The van der Waals surface area contributed by atoms with Gasteiger partial charge in [-0.1, -0.05) is 6.07 Å². The van der Waals surface area contributed by atoms with E-state index < -0.39 is 10.0 Å². The van der Waals surface area contributed by atoms with Crippen molar-refractivity contribution in [3.05, 3.63) is 23.8 Å². The van der Waals surface area contributed by atoms with Gasteiger partial charge in [0.15, 0.2) is 11.5 Å². The molecule has 0 aromatic heterocycles. The van der Waals surface area contributed by atoms with Gasteiger partial charge >= 0.3 is 0 Å². The number of amides is 1. The van der Waals surface area contributed by atoms with Crippen molar-refractivity contribution < 1.29 is 22.7 Å². The van der Waals surface area contributed by atoms with Crippen molar-refractivity contribution in [1.82, 2.24) is 19.4 Å². The number of carbonyl (C=O) groups excluding carboxylic acids is 1. The smallest absolute Gasteiger partial charge is 0.255 e. The van der Waals surface area contributed by atoms with Crippen LogP contribution in [0.1, 0.15) is 43.5 Å². The minimum Gasteiger partial charge on any atom is -0.486 e. The SMILES string of the molecule is CC(C)N1CCN(S(=O)(=O)CCCN2CCC(CNC(=O)c3cccc4c3OCCO4)CC2)CC1. The molecular formula is C25H40N4O5S. The first kappa shape index (κ1) is 26.2. The molecule has 0 atom stereocenters. The van der Waals surface area contributed by atoms with Crippen LogP contribution in [0.2, 0.25) is 0 Å². The van der Waals surface area contributed by atoms with Gasteiger partial charge in [-0.25, -0.2) is 8.42 Å². The highest BCUT2D eigenvalue weighted by molar-refractivity contribution is 7.89. The normalized spacial score (nSPS) is 20.8. The van der Waals surface area contributed by atoms with E-state index >= 15 is 0 Å². The van der Waals surface area contributed by atoms with E-state index in [0.717, 1.165) is 45.6 Å². The van der Waals surface area contributed by atoms with Crippen LogP contribution >= 0.6 is 0 Å². The Hall–Kier alpha value is -1.88. The van der Waals surface area contributed by atoms with Crippen LogP contribution in [-0.4, -0.2) is 106 Å². The summed E-state index contributed by atoms with van der Waals surface area (Å²) in [6, 6.07) is 5.86.